The minimum Gasteiger partial charge on any atom is -0.481 e. The topological polar surface area (TPSA) is 68.7 Å². The molecule has 18 heavy (non-hydrogen) atoms. The fraction of sp³-hybridized carbons (Fsp3) is 0.417. The van der Waals surface area contributed by atoms with Gasteiger partial charge in [0.2, 0.25) is 5.88 Å². The second kappa shape index (κ2) is 4.29. The Kier molecular flexibility index (Phi) is 2.94. The number of nitrogens with zero attached hydrogens (tertiary/aromatic N) is 2. The average molecular weight is 250 g/mol. The Hall–Kier alpha value is -2.11. The molecule has 2 heterocycles. The maximum absolute atomic E-state index is 12.0. The van der Waals surface area contributed by atoms with Crippen molar-refractivity contribution in [3.63, 3.8) is 0 Å². The van der Waals surface area contributed by atoms with Gasteiger partial charge in [0.1, 0.15) is 0 Å². The number of cyclic esters (lactones) is 1. The van der Waals surface area contributed by atoms with Crippen molar-refractivity contribution in [2.75, 3.05) is 7.11 Å². The molecule has 1 aliphatic rings. The second-order valence-corrected chi connectivity index (χ2v) is 4.44. The molecule has 2 rings (SSSR count). The quantitative estimate of drug-likeness (QED) is 0.809. The van der Waals surface area contributed by atoms with Crippen molar-refractivity contribution in [2.24, 2.45) is 0 Å². The molecule has 1 fully saturated rings. The molecule has 0 unspecified atom stereocenters. The van der Waals surface area contributed by atoms with Crippen molar-refractivity contribution in [1.82, 2.24) is 9.88 Å². The van der Waals surface area contributed by atoms with Gasteiger partial charge in [-0.1, -0.05) is 6.07 Å². The van der Waals surface area contributed by atoms with Crippen LogP contribution in [0.3, 0.4) is 0 Å². The molecule has 1 saturated heterocycles. The van der Waals surface area contributed by atoms with Gasteiger partial charge in [-0.3, -0.25) is 4.79 Å². The van der Waals surface area contributed by atoms with E-state index in [0.717, 1.165) is 4.90 Å². The number of carbonyl (C=O) groups is 2. The fourth-order valence-corrected chi connectivity index (χ4v) is 1.76. The summed E-state index contributed by atoms with van der Waals surface area (Å²) in [5.74, 6) is 0.0289. The highest BCUT2D eigenvalue weighted by Gasteiger charge is 2.47. The van der Waals surface area contributed by atoms with Crippen molar-refractivity contribution in [3.8, 4) is 5.88 Å². The lowest BCUT2D eigenvalue weighted by atomic mass is 10.1. The summed E-state index contributed by atoms with van der Waals surface area (Å²) in [7, 11) is 1.49. The molecular weight excluding hydrogens is 236 g/mol. The third-order valence-electron chi connectivity index (χ3n) is 2.69. The van der Waals surface area contributed by atoms with E-state index in [1.807, 2.05) is 0 Å². The highest BCUT2D eigenvalue weighted by Crippen LogP contribution is 2.26. The van der Waals surface area contributed by atoms with Crippen LogP contribution < -0.4 is 4.74 Å². The van der Waals surface area contributed by atoms with Crippen LogP contribution in [0.25, 0.3) is 0 Å². The zero-order chi connectivity index (χ0) is 13.3. The van der Waals surface area contributed by atoms with E-state index in [1.54, 1.807) is 32.2 Å². The Bertz CT molecular complexity index is 499. The van der Waals surface area contributed by atoms with E-state index < -0.39 is 11.7 Å². The standard InChI is InChI=1S/C12H14N2O4/c1-12(2)10(15)14(11(16)18-12)7-8-5-4-6-13-9(8)17-3/h4-6H,7H2,1-3H3. The summed E-state index contributed by atoms with van der Waals surface area (Å²) in [6.45, 7) is 3.22. The van der Waals surface area contributed by atoms with Gasteiger partial charge in [0.15, 0.2) is 5.60 Å². The number of pyridine rings is 1. The number of aromatic nitrogens is 1. The molecule has 6 heteroatoms. The molecule has 0 N–H and O–H groups in total. The number of ether oxygens (including phenoxy) is 2. The van der Waals surface area contributed by atoms with Crippen LogP contribution in [0.5, 0.6) is 5.88 Å². The van der Waals surface area contributed by atoms with Gasteiger partial charge in [0, 0.05) is 11.8 Å². The zero-order valence-electron chi connectivity index (χ0n) is 10.5. The van der Waals surface area contributed by atoms with Gasteiger partial charge >= 0.3 is 6.09 Å². The first-order valence-corrected chi connectivity index (χ1v) is 5.48. The van der Waals surface area contributed by atoms with Gasteiger partial charge in [0.25, 0.3) is 5.91 Å². The van der Waals surface area contributed by atoms with Crippen molar-refractivity contribution < 1.29 is 19.1 Å². The van der Waals surface area contributed by atoms with Crippen LogP contribution in [0.15, 0.2) is 18.3 Å². The largest absolute Gasteiger partial charge is 0.481 e. The summed E-state index contributed by atoms with van der Waals surface area (Å²) in [6, 6.07) is 3.46. The summed E-state index contributed by atoms with van der Waals surface area (Å²) < 4.78 is 10.1. The Morgan fingerprint density at radius 3 is 2.72 bits per heavy atom. The SMILES string of the molecule is COc1ncccc1CN1C(=O)OC(C)(C)C1=O. The molecular formula is C12H14N2O4. The predicted molar refractivity (Wildman–Crippen MR) is 61.9 cm³/mol. The van der Waals surface area contributed by atoms with Crippen LogP contribution in [-0.4, -0.2) is 34.6 Å². The average Bonchev–Trinajstić information content (AvgIpc) is 2.52. The number of rotatable bonds is 3. The molecule has 0 saturated carbocycles. The van der Waals surface area contributed by atoms with Gasteiger partial charge in [-0.25, -0.2) is 14.7 Å². The summed E-state index contributed by atoms with van der Waals surface area (Å²) in [6.07, 6.45) is 0.937. The fourth-order valence-electron chi connectivity index (χ4n) is 1.76. The van der Waals surface area contributed by atoms with E-state index in [0.29, 0.717) is 11.4 Å². The Balaban J connectivity index is 2.24. The van der Waals surface area contributed by atoms with Crippen molar-refractivity contribution in [3.05, 3.63) is 23.9 Å². The number of hydrogen-bond donors (Lipinski definition) is 0. The minimum absolute atomic E-state index is 0.0953. The van der Waals surface area contributed by atoms with Gasteiger partial charge in [-0.2, -0.15) is 0 Å². The van der Waals surface area contributed by atoms with Crippen LogP contribution in [0.2, 0.25) is 0 Å². The van der Waals surface area contributed by atoms with Crippen LogP contribution in [0.4, 0.5) is 4.79 Å². The van der Waals surface area contributed by atoms with E-state index in [2.05, 4.69) is 4.98 Å². The Labute approximate surface area is 105 Å². The van der Waals surface area contributed by atoms with E-state index >= 15 is 0 Å². The molecule has 0 radical (unpaired) electrons. The van der Waals surface area contributed by atoms with Gasteiger partial charge in [-0.05, 0) is 19.9 Å². The summed E-state index contributed by atoms with van der Waals surface area (Å²) in [5.41, 5.74) is -0.449. The smallest absolute Gasteiger partial charge is 0.418 e. The first-order chi connectivity index (χ1) is 8.45. The van der Waals surface area contributed by atoms with E-state index in [1.165, 1.54) is 7.11 Å². The lowest BCUT2D eigenvalue weighted by molar-refractivity contribution is -0.134. The van der Waals surface area contributed by atoms with Gasteiger partial charge < -0.3 is 9.47 Å². The predicted octanol–water partition coefficient (Wildman–Crippen LogP) is 1.35. The van der Waals surface area contributed by atoms with Crippen molar-refractivity contribution in [1.29, 1.82) is 0 Å². The van der Waals surface area contributed by atoms with Gasteiger partial charge in [-0.15, -0.1) is 0 Å². The molecule has 96 valence electrons. The highest BCUT2D eigenvalue weighted by atomic mass is 16.6. The molecule has 1 aromatic heterocycles. The van der Waals surface area contributed by atoms with Crippen molar-refractivity contribution in [2.45, 2.75) is 26.0 Å². The van der Waals surface area contributed by atoms with Crippen LogP contribution in [0, 0.1) is 0 Å². The molecule has 0 aliphatic carbocycles. The van der Waals surface area contributed by atoms with E-state index in [9.17, 15) is 9.59 Å². The van der Waals surface area contributed by atoms with Crippen LogP contribution in [-0.2, 0) is 16.1 Å². The number of amides is 2. The monoisotopic (exact) mass is 250 g/mol. The molecule has 1 aliphatic heterocycles. The summed E-state index contributed by atoms with van der Waals surface area (Å²) in [5, 5.41) is 0. The third kappa shape index (κ3) is 2.01. The zero-order valence-corrected chi connectivity index (χ0v) is 10.5. The second-order valence-electron chi connectivity index (χ2n) is 4.44. The first kappa shape index (κ1) is 12.3. The lowest BCUT2D eigenvalue weighted by Gasteiger charge is -2.14. The molecule has 2 amide bonds. The number of methoxy groups -OCH3 is 1. The molecule has 6 nitrogen and oxygen atoms in total. The lowest BCUT2D eigenvalue weighted by Crippen LogP contribution is -2.35. The first-order valence-electron chi connectivity index (χ1n) is 5.48. The minimum atomic E-state index is -1.10. The number of hydrogen-bond acceptors (Lipinski definition) is 5. The summed E-state index contributed by atoms with van der Waals surface area (Å²) >= 11 is 0. The highest BCUT2D eigenvalue weighted by molar-refractivity contribution is 6.02. The third-order valence-corrected chi connectivity index (χ3v) is 2.69. The maximum atomic E-state index is 12.0. The molecule has 0 spiro atoms. The molecule has 0 bridgehead atoms. The molecule has 0 aromatic carbocycles. The van der Waals surface area contributed by atoms with E-state index in [4.69, 9.17) is 9.47 Å². The Morgan fingerprint density at radius 1 is 1.44 bits per heavy atom. The normalized spacial score (nSPS) is 17.8. The van der Waals surface area contributed by atoms with Crippen molar-refractivity contribution >= 4 is 12.0 Å². The van der Waals surface area contributed by atoms with E-state index in [-0.39, 0.29) is 12.5 Å². The van der Waals surface area contributed by atoms with Crippen LogP contribution in [0.1, 0.15) is 19.4 Å². The summed E-state index contributed by atoms with van der Waals surface area (Å²) in [4.78, 5) is 28.7. The number of carbonyl (C=O) groups excluding carboxylic acids is 2. The van der Waals surface area contributed by atoms with Gasteiger partial charge in [0.05, 0.1) is 13.7 Å². The molecule has 1 aromatic rings. The Morgan fingerprint density at radius 2 is 2.17 bits per heavy atom. The molecule has 0 atom stereocenters. The number of imide groups is 1. The van der Waals surface area contributed by atoms with Crippen LogP contribution >= 0.6 is 0 Å². The maximum Gasteiger partial charge on any atom is 0.418 e.